The number of halogens is 4. The van der Waals surface area contributed by atoms with Crippen LogP contribution in [0.3, 0.4) is 0 Å². The minimum absolute atomic E-state index is 0.0190. The minimum atomic E-state index is -4.35. The number of rotatable bonds is 6. The Morgan fingerprint density at radius 2 is 2.05 bits per heavy atom. The zero-order valence-electron chi connectivity index (χ0n) is 11.0. The monoisotopic (exact) mass is 322 g/mol. The summed E-state index contributed by atoms with van der Waals surface area (Å²) in [5, 5.41) is 4.79. The smallest absolute Gasteiger partial charge is 0.334 e. The number of nitrogens with one attached hydrogen (secondary N) is 2. The average molecular weight is 322 g/mol. The number of hydrogen-bond acceptors (Lipinski definition) is 2. The Bertz CT molecular complexity index is 505. The second-order valence-electron chi connectivity index (χ2n) is 4.05. The normalized spacial score (nSPS) is 11.0. The third-order valence-electron chi connectivity index (χ3n) is 2.27. The van der Waals surface area contributed by atoms with Gasteiger partial charge < -0.3 is 10.6 Å². The number of alkyl halides is 4. The van der Waals surface area contributed by atoms with Crippen LogP contribution in [0.15, 0.2) is 41.4 Å². The van der Waals surface area contributed by atoms with Crippen molar-refractivity contribution in [2.75, 3.05) is 6.67 Å². The van der Waals surface area contributed by atoms with Gasteiger partial charge in [-0.1, -0.05) is 18.7 Å². The topological polar surface area (TPSA) is 41.1 Å². The SMILES string of the molecule is C=C(CCF)NC(=O)NCc1cccc(SC(F)(F)F)c1. The largest absolute Gasteiger partial charge is 0.446 e. The van der Waals surface area contributed by atoms with E-state index in [1.54, 1.807) is 6.07 Å². The van der Waals surface area contributed by atoms with Gasteiger partial charge in [0.2, 0.25) is 0 Å². The first kappa shape index (κ1) is 17.4. The Hall–Kier alpha value is -1.70. The summed E-state index contributed by atoms with van der Waals surface area (Å²) in [6, 6.07) is 5.17. The molecule has 0 saturated carbocycles. The van der Waals surface area contributed by atoms with Crippen LogP contribution in [-0.4, -0.2) is 18.2 Å². The summed E-state index contributed by atoms with van der Waals surface area (Å²) in [7, 11) is 0. The van der Waals surface area contributed by atoms with Gasteiger partial charge in [0, 0.05) is 23.6 Å². The third-order valence-corrected chi connectivity index (χ3v) is 2.99. The van der Waals surface area contributed by atoms with Crippen LogP contribution >= 0.6 is 11.8 Å². The number of allylic oxidation sites excluding steroid dienone is 1. The molecule has 0 aliphatic heterocycles. The van der Waals surface area contributed by atoms with Gasteiger partial charge in [-0.05, 0) is 29.5 Å². The predicted molar refractivity (Wildman–Crippen MR) is 73.5 cm³/mol. The number of carbonyl (C=O) groups excluding carboxylic acids is 1. The number of hydrogen-bond donors (Lipinski definition) is 2. The van der Waals surface area contributed by atoms with Crippen LogP contribution in [0.5, 0.6) is 0 Å². The Morgan fingerprint density at radius 3 is 2.67 bits per heavy atom. The van der Waals surface area contributed by atoms with E-state index in [2.05, 4.69) is 17.2 Å². The molecule has 0 fully saturated rings. The summed E-state index contributed by atoms with van der Waals surface area (Å²) in [4.78, 5) is 11.5. The molecule has 2 amide bonds. The lowest BCUT2D eigenvalue weighted by atomic mass is 10.2. The average Bonchev–Trinajstić information content (AvgIpc) is 2.35. The van der Waals surface area contributed by atoms with Gasteiger partial charge in [0.1, 0.15) is 0 Å². The van der Waals surface area contributed by atoms with Gasteiger partial charge in [0.15, 0.2) is 0 Å². The second-order valence-corrected chi connectivity index (χ2v) is 5.18. The molecule has 1 rings (SSSR count). The van der Waals surface area contributed by atoms with Crippen LogP contribution in [0.4, 0.5) is 22.4 Å². The molecule has 0 aliphatic carbocycles. The maximum absolute atomic E-state index is 12.2. The van der Waals surface area contributed by atoms with E-state index in [-0.39, 0.29) is 35.3 Å². The van der Waals surface area contributed by atoms with Gasteiger partial charge in [-0.3, -0.25) is 4.39 Å². The highest BCUT2D eigenvalue weighted by atomic mass is 32.2. The molecule has 116 valence electrons. The lowest BCUT2D eigenvalue weighted by Gasteiger charge is -2.10. The third kappa shape index (κ3) is 7.60. The van der Waals surface area contributed by atoms with E-state index in [0.29, 0.717) is 5.56 Å². The first-order chi connectivity index (χ1) is 9.80. The van der Waals surface area contributed by atoms with Crippen molar-refractivity contribution < 1.29 is 22.4 Å². The fourth-order valence-electron chi connectivity index (χ4n) is 1.42. The first-order valence-electron chi connectivity index (χ1n) is 5.93. The maximum atomic E-state index is 12.2. The Morgan fingerprint density at radius 1 is 1.33 bits per heavy atom. The van der Waals surface area contributed by atoms with Crippen molar-refractivity contribution in [1.29, 1.82) is 0 Å². The molecular formula is C13H14F4N2OS. The van der Waals surface area contributed by atoms with Gasteiger partial charge in [0.25, 0.3) is 0 Å². The van der Waals surface area contributed by atoms with Crippen LogP contribution in [0.1, 0.15) is 12.0 Å². The predicted octanol–water partition coefficient (Wildman–Crippen LogP) is 3.97. The van der Waals surface area contributed by atoms with E-state index >= 15 is 0 Å². The number of urea groups is 1. The molecule has 8 heteroatoms. The van der Waals surface area contributed by atoms with Crippen LogP contribution in [0.2, 0.25) is 0 Å². The van der Waals surface area contributed by atoms with Gasteiger partial charge in [-0.2, -0.15) is 13.2 Å². The van der Waals surface area contributed by atoms with Crippen LogP contribution < -0.4 is 10.6 Å². The van der Waals surface area contributed by atoms with E-state index in [0.717, 1.165) is 0 Å². The Balaban J connectivity index is 2.50. The minimum Gasteiger partial charge on any atom is -0.334 e. The summed E-state index contributed by atoms with van der Waals surface area (Å²) in [6.07, 6.45) is 0.0190. The van der Waals surface area contributed by atoms with Crippen molar-refractivity contribution in [2.45, 2.75) is 23.4 Å². The molecule has 0 atom stereocenters. The first-order valence-corrected chi connectivity index (χ1v) is 6.75. The van der Waals surface area contributed by atoms with Crippen molar-refractivity contribution in [1.82, 2.24) is 10.6 Å². The molecule has 3 nitrogen and oxygen atoms in total. The molecule has 1 aromatic rings. The van der Waals surface area contributed by atoms with Gasteiger partial charge in [0.05, 0.1) is 6.67 Å². The highest BCUT2D eigenvalue weighted by Crippen LogP contribution is 2.36. The van der Waals surface area contributed by atoms with E-state index in [1.807, 2.05) is 0 Å². The zero-order chi connectivity index (χ0) is 15.9. The van der Waals surface area contributed by atoms with Gasteiger partial charge in [-0.15, -0.1) is 0 Å². The van der Waals surface area contributed by atoms with Crippen molar-refractivity contribution in [3.8, 4) is 0 Å². The molecule has 0 unspecified atom stereocenters. The lowest BCUT2D eigenvalue weighted by molar-refractivity contribution is -0.0328. The molecule has 0 aromatic heterocycles. The number of thioether (sulfide) groups is 1. The molecule has 0 radical (unpaired) electrons. The molecule has 0 bridgehead atoms. The Kier molecular flexibility index (Phi) is 6.54. The van der Waals surface area contributed by atoms with Crippen LogP contribution in [-0.2, 0) is 6.54 Å². The van der Waals surface area contributed by atoms with Crippen molar-refractivity contribution in [3.05, 3.63) is 42.1 Å². The summed E-state index contributed by atoms with van der Waals surface area (Å²) in [6.45, 7) is 2.88. The van der Waals surface area contributed by atoms with E-state index < -0.39 is 18.2 Å². The number of amides is 2. The maximum Gasteiger partial charge on any atom is 0.446 e. The van der Waals surface area contributed by atoms with Crippen molar-refractivity contribution in [3.63, 3.8) is 0 Å². The molecule has 0 aliphatic rings. The number of benzene rings is 1. The summed E-state index contributed by atoms with van der Waals surface area (Å²) >= 11 is -0.218. The summed E-state index contributed by atoms with van der Waals surface area (Å²) in [5.41, 5.74) is -3.60. The molecule has 1 aromatic carbocycles. The van der Waals surface area contributed by atoms with Gasteiger partial charge >= 0.3 is 11.5 Å². The molecule has 2 N–H and O–H groups in total. The highest BCUT2D eigenvalue weighted by Gasteiger charge is 2.29. The molecular weight excluding hydrogens is 308 g/mol. The van der Waals surface area contributed by atoms with Crippen molar-refractivity contribution in [2.24, 2.45) is 0 Å². The van der Waals surface area contributed by atoms with Crippen LogP contribution in [0.25, 0.3) is 0 Å². The van der Waals surface area contributed by atoms with Gasteiger partial charge in [-0.25, -0.2) is 4.79 Å². The van der Waals surface area contributed by atoms with Crippen LogP contribution in [0, 0.1) is 0 Å². The number of carbonyl (C=O) groups is 1. The fraction of sp³-hybridized carbons (Fsp3) is 0.308. The molecule has 0 heterocycles. The van der Waals surface area contributed by atoms with E-state index in [9.17, 15) is 22.4 Å². The van der Waals surface area contributed by atoms with E-state index in [4.69, 9.17) is 0 Å². The standard InChI is InChI=1S/C13H14F4N2OS/c1-9(5-6-14)19-12(20)18-8-10-3-2-4-11(7-10)21-13(15,16)17/h2-4,7H,1,5-6,8H2,(H2,18,19,20). The summed E-state index contributed by atoms with van der Waals surface area (Å²) in [5.74, 6) is 0. The Labute approximate surface area is 123 Å². The van der Waals surface area contributed by atoms with E-state index in [1.165, 1.54) is 18.2 Å². The zero-order valence-corrected chi connectivity index (χ0v) is 11.8. The summed E-state index contributed by atoms with van der Waals surface area (Å²) < 4.78 is 48.7. The van der Waals surface area contributed by atoms with Crippen molar-refractivity contribution >= 4 is 17.8 Å². The second kappa shape index (κ2) is 7.92. The molecule has 21 heavy (non-hydrogen) atoms. The molecule has 0 spiro atoms. The lowest BCUT2D eigenvalue weighted by Crippen LogP contribution is -2.34. The molecule has 0 saturated heterocycles. The quantitative estimate of drug-likeness (QED) is 0.614. The highest BCUT2D eigenvalue weighted by molar-refractivity contribution is 8.00. The fourth-order valence-corrected chi connectivity index (χ4v) is 2.04.